The van der Waals surface area contributed by atoms with Crippen molar-refractivity contribution in [1.82, 2.24) is 14.8 Å². The van der Waals surface area contributed by atoms with Crippen molar-refractivity contribution in [2.24, 2.45) is 0 Å². The molecule has 1 aromatic carbocycles. The standard InChI is InChI=1S/C17H23N3O2/c1-13-11-17(21)20(10-9-19-7-5-18-6-8-19)16-12-14(22-2)3-4-15(13)16/h3-4,11-12,18H,5-10H2,1-2H3. The third-order valence-electron chi connectivity index (χ3n) is 4.38. The van der Waals surface area contributed by atoms with E-state index in [4.69, 9.17) is 4.74 Å². The Balaban J connectivity index is 1.94. The van der Waals surface area contributed by atoms with Crippen LogP contribution in [0, 0.1) is 6.92 Å². The first kappa shape index (κ1) is 15.1. The average molecular weight is 301 g/mol. The minimum absolute atomic E-state index is 0.0633. The minimum atomic E-state index is 0.0633. The van der Waals surface area contributed by atoms with Crippen molar-refractivity contribution >= 4 is 10.9 Å². The molecule has 1 saturated heterocycles. The van der Waals surface area contributed by atoms with Crippen LogP contribution >= 0.6 is 0 Å². The molecule has 0 spiro atoms. The topological polar surface area (TPSA) is 46.5 Å². The molecule has 0 saturated carbocycles. The molecule has 5 nitrogen and oxygen atoms in total. The van der Waals surface area contributed by atoms with Crippen molar-refractivity contribution in [3.63, 3.8) is 0 Å². The lowest BCUT2D eigenvalue weighted by Gasteiger charge is -2.27. The summed E-state index contributed by atoms with van der Waals surface area (Å²) >= 11 is 0. The van der Waals surface area contributed by atoms with E-state index in [1.54, 1.807) is 13.2 Å². The number of methoxy groups -OCH3 is 1. The molecular weight excluding hydrogens is 278 g/mol. The van der Waals surface area contributed by atoms with Gasteiger partial charge in [0.05, 0.1) is 12.6 Å². The zero-order chi connectivity index (χ0) is 15.5. The summed E-state index contributed by atoms with van der Waals surface area (Å²) in [5, 5.41) is 4.46. The first-order chi connectivity index (χ1) is 10.7. The van der Waals surface area contributed by atoms with Crippen molar-refractivity contribution in [2.75, 3.05) is 39.8 Å². The van der Waals surface area contributed by atoms with Crippen LogP contribution in [0.3, 0.4) is 0 Å². The van der Waals surface area contributed by atoms with E-state index in [-0.39, 0.29) is 5.56 Å². The van der Waals surface area contributed by atoms with E-state index in [1.807, 2.05) is 29.7 Å². The van der Waals surface area contributed by atoms with E-state index in [1.165, 1.54) is 0 Å². The predicted octanol–water partition coefficient (Wildman–Crippen LogP) is 1.22. The molecule has 1 aromatic heterocycles. The highest BCUT2D eigenvalue weighted by Gasteiger charge is 2.12. The zero-order valence-corrected chi connectivity index (χ0v) is 13.3. The molecule has 0 atom stereocenters. The van der Waals surface area contributed by atoms with Crippen LogP contribution in [0.1, 0.15) is 5.56 Å². The number of fused-ring (bicyclic) bond motifs is 1. The Morgan fingerprint density at radius 3 is 2.68 bits per heavy atom. The number of hydrogen-bond acceptors (Lipinski definition) is 4. The Morgan fingerprint density at radius 2 is 1.95 bits per heavy atom. The molecule has 0 radical (unpaired) electrons. The first-order valence-electron chi connectivity index (χ1n) is 7.80. The van der Waals surface area contributed by atoms with E-state index >= 15 is 0 Å². The van der Waals surface area contributed by atoms with Crippen molar-refractivity contribution in [1.29, 1.82) is 0 Å². The van der Waals surface area contributed by atoms with Crippen LogP contribution in [0.5, 0.6) is 5.75 Å². The van der Waals surface area contributed by atoms with Crippen LogP contribution < -0.4 is 15.6 Å². The summed E-state index contributed by atoms with van der Waals surface area (Å²) in [6, 6.07) is 7.67. The lowest BCUT2D eigenvalue weighted by molar-refractivity contribution is 0.232. The molecule has 2 heterocycles. The highest BCUT2D eigenvalue weighted by molar-refractivity contribution is 5.83. The Morgan fingerprint density at radius 1 is 1.18 bits per heavy atom. The predicted molar refractivity (Wildman–Crippen MR) is 88.8 cm³/mol. The number of benzene rings is 1. The summed E-state index contributed by atoms with van der Waals surface area (Å²) in [5.74, 6) is 0.786. The van der Waals surface area contributed by atoms with Gasteiger partial charge in [-0.25, -0.2) is 0 Å². The molecule has 0 aliphatic carbocycles. The summed E-state index contributed by atoms with van der Waals surface area (Å²) in [5.41, 5.74) is 2.04. The third kappa shape index (κ3) is 3.00. The molecule has 0 bridgehead atoms. The molecule has 1 aliphatic heterocycles. The second-order valence-corrected chi connectivity index (χ2v) is 5.79. The molecule has 118 valence electrons. The van der Waals surface area contributed by atoms with E-state index < -0.39 is 0 Å². The second-order valence-electron chi connectivity index (χ2n) is 5.79. The summed E-state index contributed by atoms with van der Waals surface area (Å²) in [6.07, 6.45) is 0. The van der Waals surface area contributed by atoms with Gasteiger partial charge in [0.1, 0.15) is 5.75 Å². The monoisotopic (exact) mass is 301 g/mol. The molecule has 5 heteroatoms. The van der Waals surface area contributed by atoms with Crippen LogP contribution in [-0.4, -0.2) is 49.3 Å². The van der Waals surface area contributed by atoms with Gasteiger partial charge in [-0.3, -0.25) is 9.69 Å². The highest BCUT2D eigenvalue weighted by Crippen LogP contribution is 2.22. The Kier molecular flexibility index (Phi) is 4.45. The maximum atomic E-state index is 12.4. The molecule has 22 heavy (non-hydrogen) atoms. The van der Waals surface area contributed by atoms with Crippen molar-refractivity contribution in [3.05, 3.63) is 40.2 Å². The largest absolute Gasteiger partial charge is 0.497 e. The molecule has 1 aliphatic rings. The minimum Gasteiger partial charge on any atom is -0.497 e. The van der Waals surface area contributed by atoms with Gasteiger partial charge in [0, 0.05) is 56.8 Å². The van der Waals surface area contributed by atoms with Gasteiger partial charge in [-0.2, -0.15) is 0 Å². The SMILES string of the molecule is COc1ccc2c(C)cc(=O)n(CCN3CCNCC3)c2c1. The van der Waals surface area contributed by atoms with E-state index in [2.05, 4.69) is 10.2 Å². The van der Waals surface area contributed by atoms with Gasteiger partial charge in [0.2, 0.25) is 0 Å². The fraction of sp³-hybridized carbons (Fsp3) is 0.471. The van der Waals surface area contributed by atoms with Crippen molar-refractivity contribution < 1.29 is 4.74 Å². The van der Waals surface area contributed by atoms with Crippen LogP contribution in [0.2, 0.25) is 0 Å². The van der Waals surface area contributed by atoms with Gasteiger partial charge < -0.3 is 14.6 Å². The zero-order valence-electron chi connectivity index (χ0n) is 13.3. The number of hydrogen-bond donors (Lipinski definition) is 1. The van der Waals surface area contributed by atoms with Crippen LogP contribution in [0.15, 0.2) is 29.1 Å². The average Bonchev–Trinajstić information content (AvgIpc) is 2.55. The van der Waals surface area contributed by atoms with E-state index in [0.717, 1.165) is 54.9 Å². The number of rotatable bonds is 4. The molecule has 1 N–H and O–H groups in total. The Hall–Kier alpha value is -1.85. The van der Waals surface area contributed by atoms with Gasteiger partial charge in [-0.15, -0.1) is 0 Å². The lowest BCUT2D eigenvalue weighted by Crippen LogP contribution is -2.45. The van der Waals surface area contributed by atoms with Gasteiger partial charge >= 0.3 is 0 Å². The van der Waals surface area contributed by atoms with Gasteiger partial charge in [-0.05, 0) is 24.6 Å². The number of nitrogens with one attached hydrogen (secondary N) is 1. The smallest absolute Gasteiger partial charge is 0.251 e. The molecule has 1 fully saturated rings. The molecule has 3 rings (SSSR count). The summed E-state index contributed by atoms with van der Waals surface area (Å²) < 4.78 is 7.19. The third-order valence-corrected chi connectivity index (χ3v) is 4.38. The number of aromatic nitrogens is 1. The number of aryl methyl sites for hydroxylation is 1. The van der Waals surface area contributed by atoms with Crippen LogP contribution in [0.4, 0.5) is 0 Å². The first-order valence-corrected chi connectivity index (χ1v) is 7.80. The molecule has 0 amide bonds. The lowest BCUT2D eigenvalue weighted by atomic mass is 10.1. The number of ether oxygens (including phenoxy) is 1. The van der Waals surface area contributed by atoms with E-state index in [0.29, 0.717) is 6.54 Å². The number of nitrogens with zero attached hydrogens (tertiary/aromatic N) is 2. The molecule has 2 aromatic rings. The Bertz CT molecular complexity index is 718. The normalized spacial score (nSPS) is 16.1. The van der Waals surface area contributed by atoms with Crippen LogP contribution in [0.25, 0.3) is 10.9 Å². The Labute approximate surface area is 130 Å². The van der Waals surface area contributed by atoms with Crippen LogP contribution in [-0.2, 0) is 6.54 Å². The fourth-order valence-electron chi connectivity index (χ4n) is 3.06. The summed E-state index contributed by atoms with van der Waals surface area (Å²) in [6.45, 7) is 7.73. The van der Waals surface area contributed by atoms with E-state index in [9.17, 15) is 4.79 Å². The molecule has 0 unspecified atom stereocenters. The second kappa shape index (κ2) is 6.50. The highest BCUT2D eigenvalue weighted by atomic mass is 16.5. The quantitative estimate of drug-likeness (QED) is 0.922. The van der Waals surface area contributed by atoms with Gasteiger partial charge in [0.15, 0.2) is 0 Å². The summed E-state index contributed by atoms with van der Waals surface area (Å²) in [4.78, 5) is 14.8. The maximum absolute atomic E-state index is 12.4. The molecular formula is C17H23N3O2. The maximum Gasteiger partial charge on any atom is 0.251 e. The number of pyridine rings is 1. The fourth-order valence-corrected chi connectivity index (χ4v) is 3.06. The summed E-state index contributed by atoms with van der Waals surface area (Å²) in [7, 11) is 1.65. The van der Waals surface area contributed by atoms with Crippen molar-refractivity contribution in [3.8, 4) is 5.75 Å². The van der Waals surface area contributed by atoms with Gasteiger partial charge in [-0.1, -0.05) is 0 Å². The number of piperazine rings is 1. The van der Waals surface area contributed by atoms with Gasteiger partial charge in [0.25, 0.3) is 5.56 Å². The van der Waals surface area contributed by atoms with Crippen molar-refractivity contribution in [2.45, 2.75) is 13.5 Å².